The van der Waals surface area contributed by atoms with Crippen molar-refractivity contribution >= 4 is 22.6 Å². The molecule has 0 radical (unpaired) electrons. The maximum atomic E-state index is 8.95. The van der Waals surface area contributed by atoms with Gasteiger partial charge in [0.05, 0.1) is 4.05 Å². The van der Waals surface area contributed by atoms with Gasteiger partial charge >= 0.3 is 0 Å². The summed E-state index contributed by atoms with van der Waals surface area (Å²) < 4.78 is 0.629. The van der Waals surface area contributed by atoms with Crippen molar-refractivity contribution < 1.29 is 5.11 Å². The SMILES string of the molecule is CC(C)N1C[C@@H](CO)C[C@H]1I. The number of likely N-dealkylation sites (tertiary alicyclic amines) is 1. The predicted octanol–water partition coefficient (Wildman–Crippen LogP) is 1.47. The van der Waals surface area contributed by atoms with E-state index in [0.717, 1.165) is 13.0 Å². The molecule has 0 spiro atoms. The smallest absolute Gasteiger partial charge is 0.0624 e. The van der Waals surface area contributed by atoms with Crippen molar-refractivity contribution in [3.63, 3.8) is 0 Å². The van der Waals surface area contributed by atoms with Gasteiger partial charge in [0, 0.05) is 19.2 Å². The molecule has 11 heavy (non-hydrogen) atoms. The van der Waals surface area contributed by atoms with Crippen LogP contribution in [-0.2, 0) is 0 Å². The van der Waals surface area contributed by atoms with Crippen LogP contribution in [0.4, 0.5) is 0 Å². The van der Waals surface area contributed by atoms with Crippen molar-refractivity contribution in [2.75, 3.05) is 13.2 Å². The Hall–Kier alpha value is 0.650. The molecule has 0 aromatic rings. The van der Waals surface area contributed by atoms with Gasteiger partial charge in [-0.2, -0.15) is 0 Å². The van der Waals surface area contributed by atoms with Crippen LogP contribution in [0.3, 0.4) is 0 Å². The second-order valence-corrected chi connectivity index (χ2v) is 4.95. The van der Waals surface area contributed by atoms with Crippen molar-refractivity contribution in [2.24, 2.45) is 5.92 Å². The third kappa shape index (κ3) is 2.29. The van der Waals surface area contributed by atoms with Gasteiger partial charge in [-0.15, -0.1) is 0 Å². The molecule has 1 N–H and O–H groups in total. The second kappa shape index (κ2) is 4.05. The van der Waals surface area contributed by atoms with Crippen LogP contribution < -0.4 is 0 Å². The summed E-state index contributed by atoms with van der Waals surface area (Å²) in [5.74, 6) is 0.513. The Morgan fingerprint density at radius 1 is 1.64 bits per heavy atom. The number of aliphatic hydroxyl groups is 1. The summed E-state index contributed by atoms with van der Waals surface area (Å²) in [6.07, 6.45) is 1.15. The monoisotopic (exact) mass is 269 g/mol. The van der Waals surface area contributed by atoms with Crippen LogP contribution in [0.25, 0.3) is 0 Å². The first-order valence-electron chi connectivity index (χ1n) is 4.15. The number of rotatable bonds is 2. The van der Waals surface area contributed by atoms with Gasteiger partial charge in [-0.3, -0.25) is 4.90 Å². The fraction of sp³-hybridized carbons (Fsp3) is 1.00. The summed E-state index contributed by atoms with van der Waals surface area (Å²) in [6.45, 7) is 5.85. The van der Waals surface area contributed by atoms with Crippen molar-refractivity contribution in [1.82, 2.24) is 4.90 Å². The van der Waals surface area contributed by atoms with Crippen LogP contribution in [0, 0.1) is 5.92 Å². The molecule has 1 heterocycles. The van der Waals surface area contributed by atoms with E-state index in [4.69, 9.17) is 5.11 Å². The zero-order valence-electron chi connectivity index (χ0n) is 7.13. The molecule has 1 aliphatic rings. The number of nitrogens with zero attached hydrogens (tertiary/aromatic N) is 1. The van der Waals surface area contributed by atoms with Crippen molar-refractivity contribution in [3.05, 3.63) is 0 Å². The zero-order chi connectivity index (χ0) is 8.43. The summed E-state index contributed by atoms with van der Waals surface area (Å²) in [5, 5.41) is 8.95. The molecular formula is C8H16INO. The predicted molar refractivity (Wildman–Crippen MR) is 54.8 cm³/mol. The third-order valence-electron chi connectivity index (χ3n) is 2.28. The van der Waals surface area contributed by atoms with Gasteiger partial charge in [0.15, 0.2) is 0 Å². The quantitative estimate of drug-likeness (QED) is 0.466. The van der Waals surface area contributed by atoms with Crippen LogP contribution in [0.5, 0.6) is 0 Å². The lowest BCUT2D eigenvalue weighted by Gasteiger charge is -2.23. The number of alkyl halides is 1. The van der Waals surface area contributed by atoms with E-state index in [9.17, 15) is 0 Å². The lowest BCUT2D eigenvalue weighted by Crippen LogP contribution is -2.32. The minimum absolute atomic E-state index is 0.350. The van der Waals surface area contributed by atoms with Crippen molar-refractivity contribution in [2.45, 2.75) is 30.4 Å². The average Bonchev–Trinajstić information content (AvgIpc) is 2.30. The van der Waals surface area contributed by atoms with Crippen LogP contribution in [0.1, 0.15) is 20.3 Å². The normalized spacial score (nSPS) is 33.5. The molecule has 2 nitrogen and oxygen atoms in total. The molecule has 3 heteroatoms. The maximum absolute atomic E-state index is 8.95. The van der Waals surface area contributed by atoms with Crippen LogP contribution in [0.15, 0.2) is 0 Å². The number of halogens is 1. The molecule has 1 fully saturated rings. The molecule has 66 valence electrons. The fourth-order valence-corrected chi connectivity index (χ4v) is 3.15. The Labute approximate surface area is 82.1 Å². The van der Waals surface area contributed by atoms with Gasteiger partial charge in [0.25, 0.3) is 0 Å². The number of hydrogen-bond donors (Lipinski definition) is 1. The molecule has 0 unspecified atom stereocenters. The molecule has 0 aromatic carbocycles. The van der Waals surface area contributed by atoms with E-state index >= 15 is 0 Å². The maximum Gasteiger partial charge on any atom is 0.0624 e. The first kappa shape index (κ1) is 9.74. The standard InChI is InChI=1S/C8H16INO/c1-6(2)10-4-7(5-11)3-8(10)9/h6-8,11H,3-5H2,1-2H3/t7-,8-/m0/s1. The highest BCUT2D eigenvalue weighted by molar-refractivity contribution is 14.1. The van der Waals surface area contributed by atoms with E-state index in [1.54, 1.807) is 0 Å². The Balaban J connectivity index is 2.45. The molecule has 2 atom stereocenters. The highest BCUT2D eigenvalue weighted by Crippen LogP contribution is 2.28. The zero-order valence-corrected chi connectivity index (χ0v) is 9.28. The van der Waals surface area contributed by atoms with E-state index in [1.807, 2.05) is 0 Å². The largest absolute Gasteiger partial charge is 0.396 e. The fourth-order valence-electron chi connectivity index (χ4n) is 1.56. The summed E-state index contributed by atoms with van der Waals surface area (Å²) in [4.78, 5) is 2.45. The molecule has 0 aliphatic carbocycles. The number of aliphatic hydroxyl groups excluding tert-OH is 1. The molecule has 0 bridgehead atoms. The topological polar surface area (TPSA) is 23.5 Å². The molecule has 1 aliphatic heterocycles. The van der Waals surface area contributed by atoms with E-state index in [1.165, 1.54) is 0 Å². The van der Waals surface area contributed by atoms with E-state index in [2.05, 4.69) is 41.3 Å². The summed E-state index contributed by atoms with van der Waals surface area (Å²) in [7, 11) is 0. The average molecular weight is 269 g/mol. The Kier molecular flexibility index (Phi) is 3.58. The van der Waals surface area contributed by atoms with Gasteiger partial charge in [0.2, 0.25) is 0 Å². The molecular weight excluding hydrogens is 253 g/mol. The number of hydrogen-bond acceptors (Lipinski definition) is 2. The summed E-state index contributed by atoms with van der Waals surface area (Å²) in [5.41, 5.74) is 0. The van der Waals surface area contributed by atoms with Crippen molar-refractivity contribution in [1.29, 1.82) is 0 Å². The van der Waals surface area contributed by atoms with Gasteiger partial charge in [-0.1, -0.05) is 22.6 Å². The summed E-state index contributed by atoms with van der Waals surface area (Å²) >= 11 is 2.46. The van der Waals surface area contributed by atoms with Crippen LogP contribution in [-0.4, -0.2) is 33.2 Å². The minimum atomic E-state index is 0.350. The summed E-state index contributed by atoms with van der Waals surface area (Å²) in [6, 6.07) is 0.619. The molecule has 0 aromatic heterocycles. The molecule has 1 rings (SSSR count). The van der Waals surface area contributed by atoms with Gasteiger partial charge in [0.1, 0.15) is 0 Å². The van der Waals surface area contributed by atoms with E-state index in [0.29, 0.717) is 22.6 Å². The highest BCUT2D eigenvalue weighted by Gasteiger charge is 2.30. The van der Waals surface area contributed by atoms with Gasteiger partial charge in [-0.25, -0.2) is 0 Å². The van der Waals surface area contributed by atoms with E-state index in [-0.39, 0.29) is 0 Å². The third-order valence-corrected chi connectivity index (χ3v) is 3.50. The Bertz CT molecular complexity index is 129. The molecule has 0 saturated carbocycles. The Morgan fingerprint density at radius 3 is 2.55 bits per heavy atom. The van der Waals surface area contributed by atoms with Crippen LogP contribution in [0.2, 0.25) is 0 Å². The van der Waals surface area contributed by atoms with Gasteiger partial charge < -0.3 is 5.11 Å². The van der Waals surface area contributed by atoms with E-state index < -0.39 is 0 Å². The first-order chi connectivity index (χ1) is 5.15. The van der Waals surface area contributed by atoms with Crippen molar-refractivity contribution in [3.8, 4) is 0 Å². The minimum Gasteiger partial charge on any atom is -0.396 e. The molecule has 0 amide bonds. The lowest BCUT2D eigenvalue weighted by molar-refractivity contribution is 0.207. The molecule has 1 saturated heterocycles. The second-order valence-electron chi connectivity index (χ2n) is 3.51. The first-order valence-corrected chi connectivity index (χ1v) is 5.40. The van der Waals surface area contributed by atoms with Crippen LogP contribution >= 0.6 is 22.6 Å². The Morgan fingerprint density at radius 2 is 2.27 bits per heavy atom. The lowest BCUT2D eigenvalue weighted by atomic mass is 10.1. The highest BCUT2D eigenvalue weighted by atomic mass is 127. The van der Waals surface area contributed by atoms with Gasteiger partial charge in [-0.05, 0) is 26.2 Å².